The van der Waals surface area contributed by atoms with Crippen LogP contribution >= 0.6 is 0 Å². The zero-order valence-corrected chi connectivity index (χ0v) is 17.5. The predicted octanol–water partition coefficient (Wildman–Crippen LogP) is 5.66. The number of aliphatic hydroxyl groups is 1. The molecule has 1 fully saturated rings. The number of hydrogen-bond acceptors (Lipinski definition) is 2. The minimum Gasteiger partial charge on any atom is -0.377 e. The SMILES string of the molecule is CCC[C@@H]1[C@H](c2ccccc2)N[C@H](c2ccccc2)C[C@@]1(O)C#Cc1ccccc1. The lowest BCUT2D eigenvalue weighted by atomic mass is 9.69. The van der Waals surface area contributed by atoms with Crippen molar-refractivity contribution in [1.82, 2.24) is 5.32 Å². The summed E-state index contributed by atoms with van der Waals surface area (Å²) >= 11 is 0. The van der Waals surface area contributed by atoms with E-state index in [0.717, 1.165) is 18.4 Å². The Balaban J connectivity index is 1.77. The van der Waals surface area contributed by atoms with Crippen LogP contribution in [0, 0.1) is 17.8 Å². The minimum atomic E-state index is -1.07. The van der Waals surface area contributed by atoms with Crippen LogP contribution in [0.5, 0.6) is 0 Å². The molecule has 1 aliphatic heterocycles. The first-order valence-corrected chi connectivity index (χ1v) is 10.9. The quantitative estimate of drug-likeness (QED) is 0.559. The molecular formula is C28H29NO. The standard InChI is InChI=1S/C28H29NO/c1-2-12-25-27(24-17-10-5-11-18-24)29-26(23-15-8-4-9-16-23)21-28(25,30)20-19-22-13-6-3-7-14-22/h3-11,13-18,25-27,29-30H,2,12,21H2,1H3/t25-,26+,27+,28+/m1/s1. The molecule has 152 valence electrons. The molecular weight excluding hydrogens is 366 g/mol. The summed E-state index contributed by atoms with van der Waals surface area (Å²) in [6, 6.07) is 30.9. The van der Waals surface area contributed by atoms with Crippen LogP contribution < -0.4 is 5.32 Å². The van der Waals surface area contributed by atoms with Gasteiger partial charge < -0.3 is 10.4 Å². The molecule has 0 amide bonds. The van der Waals surface area contributed by atoms with Gasteiger partial charge in [0.15, 0.2) is 0 Å². The topological polar surface area (TPSA) is 32.3 Å². The Kier molecular flexibility index (Phi) is 6.33. The van der Waals surface area contributed by atoms with Gasteiger partial charge in [-0.1, -0.05) is 104 Å². The maximum Gasteiger partial charge on any atom is 0.132 e. The number of nitrogens with one attached hydrogen (secondary N) is 1. The number of hydrogen-bond donors (Lipinski definition) is 2. The van der Waals surface area contributed by atoms with Crippen molar-refractivity contribution in [2.24, 2.45) is 5.92 Å². The lowest BCUT2D eigenvalue weighted by Crippen LogP contribution is -2.52. The van der Waals surface area contributed by atoms with Crippen LogP contribution in [0.4, 0.5) is 0 Å². The van der Waals surface area contributed by atoms with Crippen molar-refractivity contribution in [2.75, 3.05) is 0 Å². The van der Waals surface area contributed by atoms with E-state index in [-0.39, 0.29) is 18.0 Å². The first-order valence-electron chi connectivity index (χ1n) is 10.9. The van der Waals surface area contributed by atoms with Crippen LogP contribution in [0.1, 0.15) is 55.0 Å². The lowest BCUT2D eigenvalue weighted by Gasteiger charge is -2.46. The van der Waals surface area contributed by atoms with Crippen molar-refractivity contribution in [1.29, 1.82) is 0 Å². The second kappa shape index (κ2) is 9.30. The van der Waals surface area contributed by atoms with Gasteiger partial charge in [0, 0.05) is 30.0 Å². The van der Waals surface area contributed by atoms with Crippen molar-refractivity contribution < 1.29 is 5.11 Å². The number of benzene rings is 3. The Morgan fingerprint density at radius 3 is 2.03 bits per heavy atom. The fraction of sp³-hybridized carbons (Fsp3) is 0.286. The van der Waals surface area contributed by atoms with E-state index in [4.69, 9.17) is 0 Å². The fourth-order valence-corrected chi connectivity index (χ4v) is 4.58. The van der Waals surface area contributed by atoms with Crippen LogP contribution in [0.2, 0.25) is 0 Å². The summed E-state index contributed by atoms with van der Waals surface area (Å²) in [6.45, 7) is 2.18. The van der Waals surface area contributed by atoms with Gasteiger partial charge >= 0.3 is 0 Å². The van der Waals surface area contributed by atoms with Gasteiger partial charge in [-0.15, -0.1) is 0 Å². The van der Waals surface area contributed by atoms with Crippen LogP contribution in [0.3, 0.4) is 0 Å². The minimum absolute atomic E-state index is 0.0149. The second-order valence-electron chi connectivity index (χ2n) is 8.16. The molecule has 0 spiro atoms. The summed E-state index contributed by atoms with van der Waals surface area (Å²) in [5.41, 5.74) is 2.26. The molecule has 4 atom stereocenters. The average molecular weight is 396 g/mol. The van der Waals surface area contributed by atoms with Gasteiger partial charge in [0.25, 0.3) is 0 Å². The molecule has 0 aliphatic carbocycles. The average Bonchev–Trinajstić information content (AvgIpc) is 2.81. The summed E-state index contributed by atoms with van der Waals surface area (Å²) in [6.07, 6.45) is 2.49. The highest BCUT2D eigenvalue weighted by Gasteiger charge is 2.47. The predicted molar refractivity (Wildman–Crippen MR) is 123 cm³/mol. The molecule has 4 rings (SSSR count). The Morgan fingerprint density at radius 1 is 0.867 bits per heavy atom. The Labute approximate surface area is 180 Å². The third-order valence-corrected chi connectivity index (χ3v) is 6.07. The molecule has 2 N–H and O–H groups in total. The summed E-state index contributed by atoms with van der Waals surface area (Å²) in [5.74, 6) is 6.59. The number of piperidine rings is 1. The van der Waals surface area contributed by atoms with E-state index in [9.17, 15) is 5.11 Å². The van der Waals surface area contributed by atoms with Gasteiger partial charge in [0.2, 0.25) is 0 Å². The molecule has 1 saturated heterocycles. The maximum atomic E-state index is 12.0. The van der Waals surface area contributed by atoms with E-state index >= 15 is 0 Å². The molecule has 2 nitrogen and oxygen atoms in total. The maximum absolute atomic E-state index is 12.0. The Morgan fingerprint density at radius 2 is 1.43 bits per heavy atom. The van der Waals surface area contributed by atoms with Gasteiger partial charge in [-0.2, -0.15) is 0 Å². The van der Waals surface area contributed by atoms with Crippen molar-refractivity contribution in [3.8, 4) is 11.8 Å². The second-order valence-corrected chi connectivity index (χ2v) is 8.16. The molecule has 0 aromatic heterocycles. The van der Waals surface area contributed by atoms with Gasteiger partial charge in [-0.05, 0) is 29.7 Å². The highest BCUT2D eigenvalue weighted by molar-refractivity contribution is 5.38. The fourth-order valence-electron chi connectivity index (χ4n) is 4.58. The molecule has 2 heteroatoms. The van der Waals surface area contributed by atoms with Crippen molar-refractivity contribution in [3.63, 3.8) is 0 Å². The van der Waals surface area contributed by atoms with Crippen molar-refractivity contribution in [3.05, 3.63) is 108 Å². The molecule has 1 heterocycles. The third kappa shape index (κ3) is 4.49. The molecule has 0 saturated carbocycles. The van der Waals surface area contributed by atoms with Crippen molar-refractivity contribution in [2.45, 2.75) is 43.9 Å². The Bertz CT molecular complexity index is 990. The van der Waals surface area contributed by atoms with Crippen LogP contribution in [0.15, 0.2) is 91.0 Å². The lowest BCUT2D eigenvalue weighted by molar-refractivity contribution is -0.0317. The summed E-state index contributed by atoms with van der Waals surface area (Å²) in [5, 5.41) is 15.8. The molecule has 0 unspecified atom stereocenters. The summed E-state index contributed by atoms with van der Waals surface area (Å²) in [4.78, 5) is 0. The van der Waals surface area contributed by atoms with E-state index in [2.05, 4.69) is 72.6 Å². The molecule has 0 radical (unpaired) electrons. The zero-order valence-electron chi connectivity index (χ0n) is 17.5. The van der Waals surface area contributed by atoms with Crippen LogP contribution in [-0.4, -0.2) is 10.7 Å². The van der Waals surface area contributed by atoms with Gasteiger partial charge in [0.1, 0.15) is 5.60 Å². The third-order valence-electron chi connectivity index (χ3n) is 6.07. The molecule has 0 bridgehead atoms. The van der Waals surface area contributed by atoms with Crippen LogP contribution in [-0.2, 0) is 0 Å². The number of rotatable bonds is 4. The van der Waals surface area contributed by atoms with E-state index in [0.29, 0.717) is 6.42 Å². The first kappa shape index (κ1) is 20.4. The Hall–Kier alpha value is -2.86. The van der Waals surface area contributed by atoms with E-state index in [1.54, 1.807) is 0 Å². The monoisotopic (exact) mass is 395 g/mol. The van der Waals surface area contributed by atoms with Crippen LogP contribution in [0.25, 0.3) is 0 Å². The normalized spacial score (nSPS) is 25.9. The smallest absolute Gasteiger partial charge is 0.132 e. The van der Waals surface area contributed by atoms with Gasteiger partial charge in [-0.25, -0.2) is 0 Å². The van der Waals surface area contributed by atoms with E-state index in [1.165, 1.54) is 11.1 Å². The summed E-state index contributed by atoms with van der Waals surface area (Å²) < 4.78 is 0. The molecule has 3 aromatic rings. The molecule has 30 heavy (non-hydrogen) atoms. The largest absolute Gasteiger partial charge is 0.377 e. The van der Waals surface area contributed by atoms with E-state index < -0.39 is 5.60 Å². The van der Waals surface area contributed by atoms with E-state index in [1.807, 2.05) is 42.5 Å². The van der Waals surface area contributed by atoms with Gasteiger partial charge in [-0.3, -0.25) is 0 Å². The molecule has 3 aromatic carbocycles. The molecule has 1 aliphatic rings. The highest BCUT2D eigenvalue weighted by atomic mass is 16.3. The highest BCUT2D eigenvalue weighted by Crippen LogP contribution is 2.45. The first-order chi connectivity index (χ1) is 14.7. The summed E-state index contributed by atoms with van der Waals surface area (Å²) in [7, 11) is 0. The van der Waals surface area contributed by atoms with Crippen molar-refractivity contribution >= 4 is 0 Å². The zero-order chi connectivity index (χ0) is 20.8. The van der Waals surface area contributed by atoms with Gasteiger partial charge in [0.05, 0.1) is 0 Å².